The molecule has 0 amide bonds. The largest absolute Gasteiger partial charge is 0.340 e. The van der Waals surface area contributed by atoms with Crippen LogP contribution in [0.3, 0.4) is 0 Å². The number of hydrogen-bond donors (Lipinski definition) is 8. The van der Waals surface area contributed by atoms with Gasteiger partial charge in [-0.15, -0.1) is 0 Å². The van der Waals surface area contributed by atoms with Crippen LogP contribution in [-0.4, -0.2) is 42.8 Å². The van der Waals surface area contributed by atoms with Gasteiger partial charge in [-0.2, -0.15) is 0 Å². The maximum Gasteiger partial charge on any atom is 0.304 e. The smallest absolute Gasteiger partial charge is 0.304 e. The zero-order valence-electron chi connectivity index (χ0n) is 9.81. The first-order chi connectivity index (χ1) is 9.06. The van der Waals surface area contributed by atoms with Crippen LogP contribution in [0, 0.1) is 10.8 Å². The topological polar surface area (TPSA) is 203 Å². The third-order valence-corrected chi connectivity index (χ3v) is 1.65. The van der Waals surface area contributed by atoms with Gasteiger partial charge in [-0.05, 0) is 0 Å². The molecule has 0 heterocycles. The van der Waals surface area contributed by atoms with E-state index < -0.39 is 23.1 Å². The molecule has 8 N–H and O–H groups in total. The summed E-state index contributed by atoms with van der Waals surface area (Å²) in [7, 11) is 0. The zero-order valence-corrected chi connectivity index (χ0v) is 9.81. The molecule has 0 atom stereocenters. The quantitative estimate of drug-likeness (QED) is 0.168. The van der Waals surface area contributed by atoms with Crippen LogP contribution >= 0.6 is 0 Å². The van der Waals surface area contributed by atoms with E-state index in [0.29, 0.717) is 0 Å². The predicted molar refractivity (Wildman–Crippen MR) is 59.9 cm³/mol. The molecule has 0 aromatic heterocycles. The first-order valence-corrected chi connectivity index (χ1v) is 4.58. The van der Waals surface area contributed by atoms with Gasteiger partial charge in [0.05, 0.1) is 11.1 Å². The fourth-order valence-electron chi connectivity index (χ4n) is 1.07. The summed E-state index contributed by atoms with van der Waals surface area (Å²) in [6.45, 7) is 0. The minimum atomic E-state index is -3.24. The average Bonchev–Trinajstić information content (AvgIpc) is 2.29. The zero-order chi connectivity index (χ0) is 16.4. The van der Waals surface area contributed by atoms with Gasteiger partial charge in [0.25, 0.3) is 0 Å². The fourth-order valence-corrected chi connectivity index (χ4v) is 1.07. The molecule has 0 aliphatic heterocycles. The molecule has 1 aromatic carbocycles. The van der Waals surface area contributed by atoms with E-state index in [1.54, 1.807) is 0 Å². The number of rotatable bonds is 2. The molecule has 1 rings (SSSR count). The van der Waals surface area contributed by atoms with Crippen molar-refractivity contribution in [3.8, 4) is 0 Å². The first kappa shape index (κ1) is 20.1. The van der Waals surface area contributed by atoms with Crippen molar-refractivity contribution in [1.82, 2.24) is 0 Å². The fraction of sp³-hybridized carbons (Fsp3) is 0.200. The second kappa shape index (κ2) is 8.77. The van der Waals surface area contributed by atoms with E-state index in [2.05, 4.69) is 0 Å². The van der Waals surface area contributed by atoms with Crippen LogP contribution in [0.1, 0.15) is 11.1 Å². The van der Waals surface area contributed by atoms with Gasteiger partial charge in [0.15, 0.2) is 0 Å². The van der Waals surface area contributed by atoms with Gasteiger partial charge in [0.2, 0.25) is 12.2 Å². The number of nitrogens with one attached hydrogen (secondary N) is 2. The Kier molecular flexibility index (Phi) is 8.80. The highest BCUT2D eigenvalue weighted by Gasteiger charge is 2.33. The summed E-state index contributed by atoms with van der Waals surface area (Å²) in [6, 6.07) is 4.68. The van der Waals surface area contributed by atoms with Gasteiger partial charge in [-0.1, -0.05) is 24.3 Å². The van der Waals surface area contributed by atoms with Crippen molar-refractivity contribution in [2.75, 3.05) is 0 Å². The molecule has 10 heteroatoms. The van der Waals surface area contributed by atoms with Crippen molar-refractivity contribution in [2.24, 2.45) is 0 Å². The highest BCUT2D eigenvalue weighted by molar-refractivity contribution is 5.31. The molecule has 0 saturated carbocycles. The summed E-state index contributed by atoms with van der Waals surface area (Å²) in [4.78, 5) is 16.7. The number of hydrogen-bond acceptors (Lipinski definition) is 10. The highest BCUT2D eigenvalue weighted by Crippen LogP contribution is 2.25. The van der Waals surface area contributed by atoms with Gasteiger partial charge in [0, 0.05) is 0 Å². The SMILES string of the molecule is N=C=O.N=C=O.OC(O)(O)c1ccccc1C(O)(O)O. The standard InChI is InChI=1S/C8H10O6.2CHNO/c9-7(10,11)5-3-1-2-4-6(5)8(12,13)14;2*2-1-3/h1-4,9-14H;2*2H. The number of benzene rings is 1. The molecule has 0 radical (unpaired) electrons. The molecule has 1 aromatic rings. The Morgan fingerprint density at radius 2 is 0.950 bits per heavy atom. The molecule has 0 aliphatic carbocycles. The molecule has 0 fully saturated rings. The van der Waals surface area contributed by atoms with Gasteiger partial charge in [-0.3, -0.25) is 0 Å². The van der Waals surface area contributed by atoms with Crippen molar-refractivity contribution < 1.29 is 40.2 Å². The van der Waals surface area contributed by atoms with E-state index in [4.69, 9.17) is 51.0 Å². The molecule has 0 spiro atoms. The minimum absolute atomic E-state index is 0.618. The molecule has 0 saturated heterocycles. The summed E-state index contributed by atoms with van der Waals surface area (Å²) < 4.78 is 0. The van der Waals surface area contributed by atoms with E-state index >= 15 is 0 Å². The Morgan fingerprint density at radius 3 is 1.10 bits per heavy atom. The van der Waals surface area contributed by atoms with Crippen LogP contribution in [-0.2, 0) is 21.5 Å². The Hall–Kier alpha value is -2.26. The second-order valence-electron chi connectivity index (χ2n) is 3.02. The number of isocyanates is 2. The lowest BCUT2D eigenvalue weighted by molar-refractivity contribution is -0.343. The average molecular weight is 288 g/mol. The number of aliphatic hydroxyl groups is 6. The molecule has 110 valence electrons. The normalized spacial score (nSPS) is 9.90. The van der Waals surface area contributed by atoms with E-state index in [1.807, 2.05) is 0 Å². The molecule has 20 heavy (non-hydrogen) atoms. The van der Waals surface area contributed by atoms with Crippen molar-refractivity contribution in [3.05, 3.63) is 35.4 Å². The highest BCUT2D eigenvalue weighted by atomic mass is 16.7. The molecule has 0 aliphatic rings. The maximum atomic E-state index is 8.81. The van der Waals surface area contributed by atoms with Crippen LogP contribution in [0.2, 0.25) is 0 Å². The van der Waals surface area contributed by atoms with Gasteiger partial charge in [0.1, 0.15) is 0 Å². The predicted octanol–water partition coefficient (Wildman–Crippen LogP) is -2.34. The molecular weight excluding hydrogens is 276 g/mol. The van der Waals surface area contributed by atoms with Crippen LogP contribution in [0.5, 0.6) is 0 Å². The van der Waals surface area contributed by atoms with Crippen LogP contribution < -0.4 is 0 Å². The van der Waals surface area contributed by atoms with Crippen molar-refractivity contribution in [2.45, 2.75) is 11.9 Å². The Bertz CT molecular complexity index is 432. The van der Waals surface area contributed by atoms with Gasteiger partial charge in [-0.25, -0.2) is 20.4 Å². The van der Waals surface area contributed by atoms with E-state index in [1.165, 1.54) is 12.1 Å². The Balaban J connectivity index is 0. The summed E-state index contributed by atoms with van der Waals surface area (Å²) in [5, 5.41) is 63.7. The summed E-state index contributed by atoms with van der Waals surface area (Å²) >= 11 is 0. The third kappa shape index (κ3) is 7.95. The third-order valence-electron chi connectivity index (χ3n) is 1.65. The summed E-state index contributed by atoms with van der Waals surface area (Å²) in [5.41, 5.74) is -1.24. The van der Waals surface area contributed by atoms with Crippen molar-refractivity contribution in [3.63, 3.8) is 0 Å². The monoisotopic (exact) mass is 288 g/mol. The molecule has 0 unspecified atom stereocenters. The lowest BCUT2D eigenvalue weighted by atomic mass is 10.0. The first-order valence-electron chi connectivity index (χ1n) is 4.58. The molecule has 0 bridgehead atoms. The van der Waals surface area contributed by atoms with Crippen LogP contribution in [0.15, 0.2) is 24.3 Å². The van der Waals surface area contributed by atoms with E-state index in [0.717, 1.165) is 24.3 Å². The minimum Gasteiger partial charge on any atom is -0.340 e. The lowest BCUT2D eigenvalue weighted by Crippen LogP contribution is -2.32. The Morgan fingerprint density at radius 1 is 0.750 bits per heavy atom. The van der Waals surface area contributed by atoms with Crippen molar-refractivity contribution >= 4 is 12.2 Å². The van der Waals surface area contributed by atoms with Gasteiger partial charge < -0.3 is 30.6 Å². The van der Waals surface area contributed by atoms with E-state index in [9.17, 15) is 0 Å². The molecule has 10 nitrogen and oxygen atoms in total. The molecular formula is C10H12N2O8. The van der Waals surface area contributed by atoms with Gasteiger partial charge >= 0.3 is 11.9 Å². The maximum absolute atomic E-state index is 8.81. The lowest BCUT2D eigenvalue weighted by Gasteiger charge is -2.22. The number of carbonyl (C=O) groups excluding carboxylic acids is 2. The van der Waals surface area contributed by atoms with Crippen LogP contribution in [0.4, 0.5) is 0 Å². The van der Waals surface area contributed by atoms with E-state index in [-0.39, 0.29) is 0 Å². The van der Waals surface area contributed by atoms with Crippen LogP contribution in [0.25, 0.3) is 0 Å². The second-order valence-corrected chi connectivity index (χ2v) is 3.02. The van der Waals surface area contributed by atoms with Crippen molar-refractivity contribution in [1.29, 1.82) is 10.8 Å². The Labute approximate surface area is 111 Å². The summed E-state index contributed by atoms with van der Waals surface area (Å²) in [5.74, 6) is -6.48. The summed E-state index contributed by atoms with van der Waals surface area (Å²) in [6.07, 6.45) is 1.50.